The second-order valence-electron chi connectivity index (χ2n) is 5.96. The number of nitrogens with one attached hydrogen (secondary N) is 1. The molecule has 0 bridgehead atoms. The molecule has 2 nitrogen and oxygen atoms in total. The lowest BCUT2D eigenvalue weighted by Crippen LogP contribution is -2.23. The van der Waals surface area contributed by atoms with Crippen molar-refractivity contribution in [3.8, 4) is 5.75 Å². The third kappa shape index (κ3) is 2.96. The van der Waals surface area contributed by atoms with Crippen LogP contribution in [-0.2, 0) is 12.8 Å². The molecule has 2 N–H and O–H groups in total. The normalized spacial score (nSPS) is 18.5. The second kappa shape index (κ2) is 5.90. The molecule has 2 aromatic carbocycles. The van der Waals surface area contributed by atoms with Gasteiger partial charge in [0.05, 0.1) is 0 Å². The maximum absolute atomic E-state index is 9.57. The largest absolute Gasteiger partial charge is 0.508 e. The lowest BCUT2D eigenvalue weighted by molar-refractivity contribution is 0.464. The number of benzene rings is 2. The Morgan fingerprint density at radius 1 is 1.19 bits per heavy atom. The van der Waals surface area contributed by atoms with Gasteiger partial charge in [-0.15, -0.1) is 0 Å². The molecule has 0 aliphatic heterocycles. The van der Waals surface area contributed by atoms with E-state index in [1.54, 1.807) is 6.07 Å². The van der Waals surface area contributed by atoms with Gasteiger partial charge in [0.2, 0.25) is 0 Å². The van der Waals surface area contributed by atoms with Crippen LogP contribution in [0.4, 0.5) is 0 Å². The summed E-state index contributed by atoms with van der Waals surface area (Å²) in [5.74, 6) is 0.373. The lowest BCUT2D eigenvalue weighted by atomic mass is 10.0. The van der Waals surface area contributed by atoms with Gasteiger partial charge < -0.3 is 10.4 Å². The molecule has 0 spiro atoms. The van der Waals surface area contributed by atoms with Crippen molar-refractivity contribution < 1.29 is 5.11 Å². The fourth-order valence-electron chi connectivity index (χ4n) is 3.22. The number of hydrogen-bond acceptors (Lipinski definition) is 2. The molecular formula is C19H23NO. The molecule has 0 fully saturated rings. The highest BCUT2D eigenvalue weighted by Gasteiger charge is 2.24. The Kier molecular flexibility index (Phi) is 3.98. The fourth-order valence-corrected chi connectivity index (χ4v) is 3.22. The first kappa shape index (κ1) is 14.2. The Bertz CT molecular complexity index is 618. The van der Waals surface area contributed by atoms with Gasteiger partial charge in [0.15, 0.2) is 0 Å². The van der Waals surface area contributed by atoms with Gasteiger partial charge >= 0.3 is 0 Å². The van der Waals surface area contributed by atoms with Crippen molar-refractivity contribution in [3.63, 3.8) is 0 Å². The van der Waals surface area contributed by atoms with Gasteiger partial charge in [-0.05, 0) is 60.6 Å². The number of aromatic hydroxyl groups is 1. The van der Waals surface area contributed by atoms with E-state index in [0.29, 0.717) is 17.8 Å². The van der Waals surface area contributed by atoms with E-state index in [9.17, 15) is 5.11 Å². The zero-order valence-corrected chi connectivity index (χ0v) is 12.8. The van der Waals surface area contributed by atoms with Crippen LogP contribution >= 0.6 is 0 Å². The van der Waals surface area contributed by atoms with E-state index in [1.807, 2.05) is 6.07 Å². The molecular weight excluding hydrogens is 258 g/mol. The summed E-state index contributed by atoms with van der Waals surface area (Å²) in [5.41, 5.74) is 5.33. The van der Waals surface area contributed by atoms with Crippen LogP contribution in [0.25, 0.3) is 0 Å². The number of phenolic OH excluding ortho intramolecular Hbond substituents is 1. The first-order valence-corrected chi connectivity index (χ1v) is 7.84. The molecule has 1 aliphatic carbocycles. The third-order valence-electron chi connectivity index (χ3n) is 4.54. The topological polar surface area (TPSA) is 32.3 Å². The van der Waals surface area contributed by atoms with Gasteiger partial charge in [0.1, 0.15) is 5.75 Å². The molecule has 0 amide bonds. The van der Waals surface area contributed by atoms with Crippen molar-refractivity contribution in [2.45, 2.75) is 45.2 Å². The molecule has 0 aromatic heterocycles. The minimum atomic E-state index is 0.334. The van der Waals surface area contributed by atoms with Crippen molar-refractivity contribution in [1.29, 1.82) is 0 Å². The fraction of sp³-hybridized carbons (Fsp3) is 0.368. The molecule has 2 atom stereocenters. The standard InChI is InChI=1S/C19H23NO/c1-3-14-4-6-15(7-5-14)13(2)20-19-11-8-16-12-17(21)9-10-18(16)19/h4-7,9-10,12-13,19-21H,3,8,11H2,1-2H3. The van der Waals surface area contributed by atoms with Gasteiger partial charge in [0.25, 0.3) is 0 Å². The Labute approximate surface area is 126 Å². The average molecular weight is 281 g/mol. The summed E-state index contributed by atoms with van der Waals surface area (Å²) in [6.07, 6.45) is 3.24. The van der Waals surface area contributed by atoms with E-state index in [-0.39, 0.29) is 0 Å². The van der Waals surface area contributed by atoms with E-state index in [0.717, 1.165) is 19.3 Å². The van der Waals surface area contributed by atoms with Crippen LogP contribution in [0.2, 0.25) is 0 Å². The van der Waals surface area contributed by atoms with Gasteiger partial charge in [-0.25, -0.2) is 0 Å². The SMILES string of the molecule is CCc1ccc(C(C)NC2CCc3cc(O)ccc32)cc1. The number of rotatable bonds is 4. The monoisotopic (exact) mass is 281 g/mol. The van der Waals surface area contributed by atoms with E-state index < -0.39 is 0 Å². The van der Waals surface area contributed by atoms with Crippen molar-refractivity contribution in [3.05, 3.63) is 64.7 Å². The Morgan fingerprint density at radius 3 is 2.67 bits per heavy atom. The van der Waals surface area contributed by atoms with Crippen molar-refractivity contribution in [1.82, 2.24) is 5.32 Å². The zero-order chi connectivity index (χ0) is 14.8. The van der Waals surface area contributed by atoms with Crippen LogP contribution in [0.15, 0.2) is 42.5 Å². The number of fused-ring (bicyclic) bond motifs is 1. The van der Waals surface area contributed by atoms with Crippen molar-refractivity contribution in [2.75, 3.05) is 0 Å². The first-order valence-electron chi connectivity index (χ1n) is 7.84. The maximum Gasteiger partial charge on any atom is 0.115 e. The van der Waals surface area contributed by atoms with Gasteiger partial charge in [0, 0.05) is 12.1 Å². The predicted octanol–water partition coefficient (Wildman–Crippen LogP) is 4.29. The molecule has 2 aromatic rings. The lowest BCUT2D eigenvalue weighted by Gasteiger charge is -2.21. The summed E-state index contributed by atoms with van der Waals surface area (Å²) in [6.45, 7) is 4.40. The van der Waals surface area contributed by atoms with Crippen molar-refractivity contribution in [2.24, 2.45) is 0 Å². The molecule has 0 radical (unpaired) electrons. The molecule has 3 rings (SSSR count). The van der Waals surface area contributed by atoms with Gasteiger partial charge in [-0.1, -0.05) is 37.3 Å². The molecule has 2 unspecified atom stereocenters. The highest BCUT2D eigenvalue weighted by Crippen LogP contribution is 2.34. The summed E-state index contributed by atoms with van der Waals surface area (Å²) in [7, 11) is 0. The Hall–Kier alpha value is -1.80. The van der Waals surface area contributed by atoms with Crippen LogP contribution in [0.1, 0.15) is 54.6 Å². The van der Waals surface area contributed by atoms with E-state index >= 15 is 0 Å². The van der Waals surface area contributed by atoms with Gasteiger partial charge in [-0.2, -0.15) is 0 Å². The molecule has 21 heavy (non-hydrogen) atoms. The molecule has 0 saturated carbocycles. The minimum absolute atomic E-state index is 0.334. The number of phenols is 1. The highest BCUT2D eigenvalue weighted by atomic mass is 16.3. The second-order valence-corrected chi connectivity index (χ2v) is 5.96. The van der Waals surface area contributed by atoms with Crippen molar-refractivity contribution >= 4 is 0 Å². The minimum Gasteiger partial charge on any atom is -0.508 e. The van der Waals surface area contributed by atoms with E-state index in [4.69, 9.17) is 0 Å². The van der Waals surface area contributed by atoms with Crippen LogP contribution in [0, 0.1) is 0 Å². The van der Waals surface area contributed by atoms with Gasteiger partial charge in [-0.3, -0.25) is 0 Å². The van der Waals surface area contributed by atoms with Crippen LogP contribution in [0.3, 0.4) is 0 Å². The quantitative estimate of drug-likeness (QED) is 0.876. The Balaban J connectivity index is 1.72. The van der Waals surface area contributed by atoms with Crippen LogP contribution in [0.5, 0.6) is 5.75 Å². The van der Waals surface area contributed by atoms with Crippen LogP contribution in [-0.4, -0.2) is 5.11 Å². The maximum atomic E-state index is 9.57. The van der Waals surface area contributed by atoms with Crippen LogP contribution < -0.4 is 5.32 Å². The Morgan fingerprint density at radius 2 is 1.95 bits per heavy atom. The van der Waals surface area contributed by atoms with E-state index in [1.165, 1.54) is 22.3 Å². The third-order valence-corrected chi connectivity index (χ3v) is 4.54. The molecule has 2 heteroatoms. The zero-order valence-electron chi connectivity index (χ0n) is 12.8. The average Bonchev–Trinajstić information content (AvgIpc) is 2.89. The molecule has 0 heterocycles. The first-order chi connectivity index (χ1) is 10.2. The summed E-state index contributed by atoms with van der Waals surface area (Å²) in [5, 5.41) is 13.3. The van der Waals surface area contributed by atoms with E-state index in [2.05, 4.69) is 49.5 Å². The smallest absolute Gasteiger partial charge is 0.115 e. The summed E-state index contributed by atoms with van der Waals surface area (Å²) in [4.78, 5) is 0. The number of aryl methyl sites for hydroxylation is 2. The predicted molar refractivity (Wildman–Crippen MR) is 86.5 cm³/mol. The molecule has 110 valence electrons. The summed E-state index contributed by atoms with van der Waals surface area (Å²) in [6, 6.07) is 15.4. The molecule has 0 saturated heterocycles. The molecule has 1 aliphatic rings. The summed E-state index contributed by atoms with van der Waals surface area (Å²) < 4.78 is 0. The number of hydrogen-bond donors (Lipinski definition) is 2. The highest BCUT2D eigenvalue weighted by molar-refractivity contribution is 5.40. The summed E-state index contributed by atoms with van der Waals surface area (Å²) >= 11 is 0.